The maximum atomic E-state index is 10.6. The first kappa shape index (κ1) is 20.0. The molecule has 4 aromatic rings. The molecule has 0 bridgehead atoms. The number of aromatic hydroxyl groups is 1. The van der Waals surface area contributed by atoms with E-state index in [1.54, 1.807) is 7.11 Å². The topological polar surface area (TPSA) is 66.7 Å². The van der Waals surface area contributed by atoms with Gasteiger partial charge in [0, 0.05) is 22.4 Å². The van der Waals surface area contributed by atoms with Crippen LogP contribution in [0.5, 0.6) is 11.6 Å². The Balaban J connectivity index is 1.58. The van der Waals surface area contributed by atoms with Crippen molar-refractivity contribution in [2.45, 2.75) is 6.92 Å². The molecule has 5 nitrogen and oxygen atoms in total. The Hall–Kier alpha value is -3.90. The fourth-order valence-electron chi connectivity index (χ4n) is 3.73. The zero-order chi connectivity index (χ0) is 22.1. The van der Waals surface area contributed by atoms with E-state index in [0.717, 1.165) is 45.1 Å². The predicted octanol–water partition coefficient (Wildman–Crippen LogP) is 6.58. The largest absolute Gasteiger partial charge is 0.494 e. The molecule has 0 amide bonds. The van der Waals surface area contributed by atoms with E-state index in [-0.39, 0.29) is 5.88 Å². The molecule has 0 radical (unpaired) electrons. The van der Waals surface area contributed by atoms with Crippen LogP contribution in [-0.4, -0.2) is 22.9 Å². The van der Waals surface area contributed by atoms with Crippen LogP contribution in [0.25, 0.3) is 11.6 Å². The van der Waals surface area contributed by atoms with Crippen LogP contribution in [0.15, 0.2) is 77.8 Å². The molecule has 0 unspecified atom stereocenters. The number of allylic oxidation sites excluding steroid dienone is 1. The first-order chi connectivity index (χ1) is 15.6. The third-order valence-electron chi connectivity index (χ3n) is 5.21. The number of para-hydroxylation sites is 1. The lowest BCUT2D eigenvalue weighted by molar-refractivity contribution is 0.416. The Bertz CT molecular complexity index is 1360. The highest BCUT2D eigenvalue weighted by Crippen LogP contribution is 2.45. The molecule has 0 aliphatic carbocycles. The number of hydrogen-bond donors (Lipinski definition) is 2. The highest BCUT2D eigenvalue weighted by Gasteiger charge is 2.25. The number of aromatic nitrogens is 1. The fraction of sp³-hybridized carbons (Fsp3) is 0.0769. The SMILES string of the molecule is COc1cccc2c1N=C(c1ccccc1)C2=Cc1sc(Nc2cccc(C)c2)nc1O. The minimum absolute atomic E-state index is 0.0126. The van der Waals surface area contributed by atoms with Gasteiger partial charge in [-0.3, -0.25) is 0 Å². The summed E-state index contributed by atoms with van der Waals surface area (Å²) in [5.41, 5.74) is 6.60. The zero-order valence-corrected chi connectivity index (χ0v) is 18.5. The van der Waals surface area contributed by atoms with E-state index in [4.69, 9.17) is 9.73 Å². The molecule has 32 heavy (non-hydrogen) atoms. The zero-order valence-electron chi connectivity index (χ0n) is 17.7. The number of thiazole rings is 1. The number of aliphatic imine (C=N–C) groups is 1. The molecule has 2 N–H and O–H groups in total. The average molecular weight is 440 g/mol. The molecule has 6 heteroatoms. The standard InChI is InChI=1S/C26H21N3O2S/c1-16-8-6-11-18(14-16)27-26-29-25(30)22(32-26)15-20-19-12-7-13-21(31-2)24(19)28-23(20)17-9-4-3-5-10-17/h3-15,30H,1-2H3,(H,27,29). The van der Waals surface area contributed by atoms with Gasteiger partial charge in [-0.05, 0) is 36.8 Å². The lowest BCUT2D eigenvalue weighted by Gasteiger charge is -2.06. The number of aryl methyl sites for hydroxylation is 1. The van der Waals surface area contributed by atoms with Gasteiger partial charge in [-0.1, -0.05) is 65.9 Å². The summed E-state index contributed by atoms with van der Waals surface area (Å²) in [7, 11) is 1.65. The number of nitrogens with one attached hydrogen (secondary N) is 1. The summed E-state index contributed by atoms with van der Waals surface area (Å²) >= 11 is 1.39. The normalized spacial score (nSPS) is 13.7. The van der Waals surface area contributed by atoms with E-state index < -0.39 is 0 Å². The molecule has 0 saturated heterocycles. The second-order valence-electron chi connectivity index (χ2n) is 7.44. The molecule has 158 valence electrons. The number of rotatable bonds is 5. The van der Waals surface area contributed by atoms with Gasteiger partial charge in [0.25, 0.3) is 0 Å². The van der Waals surface area contributed by atoms with Gasteiger partial charge in [-0.2, -0.15) is 4.98 Å². The van der Waals surface area contributed by atoms with Gasteiger partial charge in [-0.25, -0.2) is 4.99 Å². The molecule has 0 fully saturated rings. The summed E-state index contributed by atoms with van der Waals surface area (Å²) < 4.78 is 5.54. The quantitative estimate of drug-likeness (QED) is 0.368. The molecule has 1 aliphatic heterocycles. The number of benzene rings is 3. The van der Waals surface area contributed by atoms with E-state index in [1.807, 2.05) is 85.8 Å². The molecule has 2 heterocycles. The Morgan fingerprint density at radius 3 is 2.59 bits per heavy atom. The smallest absolute Gasteiger partial charge is 0.231 e. The average Bonchev–Trinajstić information content (AvgIpc) is 3.34. The molecule has 0 spiro atoms. The van der Waals surface area contributed by atoms with Gasteiger partial charge in [0.15, 0.2) is 5.13 Å². The van der Waals surface area contributed by atoms with Crippen molar-refractivity contribution >= 4 is 45.2 Å². The minimum atomic E-state index is -0.0126. The highest BCUT2D eigenvalue weighted by molar-refractivity contribution is 7.16. The Morgan fingerprint density at radius 1 is 1.00 bits per heavy atom. The first-order valence-electron chi connectivity index (χ1n) is 10.2. The van der Waals surface area contributed by atoms with Crippen molar-refractivity contribution in [2.24, 2.45) is 4.99 Å². The van der Waals surface area contributed by atoms with Crippen molar-refractivity contribution in [3.05, 3.63) is 94.4 Å². The van der Waals surface area contributed by atoms with Crippen LogP contribution < -0.4 is 10.1 Å². The second kappa shape index (κ2) is 8.32. The van der Waals surface area contributed by atoms with Crippen molar-refractivity contribution in [1.29, 1.82) is 0 Å². The molecular weight excluding hydrogens is 418 g/mol. The monoisotopic (exact) mass is 439 g/mol. The van der Waals surface area contributed by atoms with Gasteiger partial charge in [0.05, 0.1) is 17.7 Å². The molecular formula is C26H21N3O2S. The lowest BCUT2D eigenvalue weighted by atomic mass is 9.97. The third-order valence-corrected chi connectivity index (χ3v) is 6.12. The molecule has 3 aromatic carbocycles. The maximum absolute atomic E-state index is 10.6. The van der Waals surface area contributed by atoms with E-state index in [9.17, 15) is 5.11 Å². The Kier molecular flexibility index (Phi) is 5.21. The molecule has 0 saturated carbocycles. The van der Waals surface area contributed by atoms with Gasteiger partial charge in [0.2, 0.25) is 5.88 Å². The minimum Gasteiger partial charge on any atom is -0.494 e. The summed E-state index contributed by atoms with van der Waals surface area (Å²) in [5.74, 6) is 0.705. The number of ether oxygens (including phenoxy) is 1. The lowest BCUT2D eigenvalue weighted by Crippen LogP contribution is -1.99. The number of hydrogen-bond acceptors (Lipinski definition) is 6. The van der Waals surface area contributed by atoms with Crippen LogP contribution in [0.2, 0.25) is 0 Å². The molecule has 1 aromatic heterocycles. The van der Waals surface area contributed by atoms with Crippen molar-refractivity contribution in [3.8, 4) is 11.6 Å². The van der Waals surface area contributed by atoms with Crippen LogP contribution in [0.1, 0.15) is 21.6 Å². The second-order valence-corrected chi connectivity index (χ2v) is 8.47. The number of methoxy groups -OCH3 is 1. The number of fused-ring (bicyclic) bond motifs is 1. The highest BCUT2D eigenvalue weighted by atomic mass is 32.1. The van der Waals surface area contributed by atoms with Crippen LogP contribution in [-0.2, 0) is 0 Å². The van der Waals surface area contributed by atoms with Gasteiger partial charge < -0.3 is 15.2 Å². The van der Waals surface area contributed by atoms with E-state index in [2.05, 4.69) is 10.3 Å². The predicted molar refractivity (Wildman–Crippen MR) is 132 cm³/mol. The summed E-state index contributed by atoms with van der Waals surface area (Å²) in [6, 6.07) is 23.9. The number of anilines is 2. The van der Waals surface area contributed by atoms with Gasteiger partial charge in [0.1, 0.15) is 11.4 Å². The van der Waals surface area contributed by atoms with Crippen molar-refractivity contribution in [1.82, 2.24) is 4.98 Å². The van der Waals surface area contributed by atoms with Crippen LogP contribution in [0, 0.1) is 6.92 Å². The fourth-order valence-corrected chi connectivity index (χ4v) is 4.55. The summed E-state index contributed by atoms with van der Waals surface area (Å²) in [6.45, 7) is 2.04. The molecule has 1 aliphatic rings. The molecule has 0 atom stereocenters. The maximum Gasteiger partial charge on any atom is 0.231 e. The summed E-state index contributed by atoms with van der Waals surface area (Å²) in [5, 5.41) is 14.5. The van der Waals surface area contributed by atoms with Gasteiger partial charge >= 0.3 is 0 Å². The first-order valence-corrected chi connectivity index (χ1v) is 11.0. The molecule has 5 rings (SSSR count). The van der Waals surface area contributed by atoms with E-state index >= 15 is 0 Å². The van der Waals surface area contributed by atoms with Crippen LogP contribution in [0.3, 0.4) is 0 Å². The van der Waals surface area contributed by atoms with Crippen LogP contribution in [0.4, 0.5) is 16.5 Å². The van der Waals surface area contributed by atoms with Gasteiger partial charge in [-0.15, -0.1) is 0 Å². The summed E-state index contributed by atoms with van der Waals surface area (Å²) in [6.07, 6.45) is 1.95. The van der Waals surface area contributed by atoms with E-state index in [1.165, 1.54) is 11.3 Å². The van der Waals surface area contributed by atoms with E-state index in [0.29, 0.717) is 10.0 Å². The third kappa shape index (κ3) is 3.76. The Morgan fingerprint density at radius 2 is 1.81 bits per heavy atom. The van der Waals surface area contributed by atoms with Crippen molar-refractivity contribution in [2.75, 3.05) is 12.4 Å². The Labute approximate surface area is 190 Å². The summed E-state index contributed by atoms with van der Waals surface area (Å²) in [4.78, 5) is 9.87. The van der Waals surface area contributed by atoms with Crippen LogP contribution >= 0.6 is 11.3 Å². The number of nitrogens with zero attached hydrogens (tertiary/aromatic N) is 2. The van der Waals surface area contributed by atoms with Crippen molar-refractivity contribution < 1.29 is 9.84 Å². The van der Waals surface area contributed by atoms with Crippen molar-refractivity contribution in [3.63, 3.8) is 0 Å².